The largest absolute Gasteiger partial charge is 0.497 e. The van der Waals surface area contributed by atoms with Gasteiger partial charge in [-0.25, -0.2) is 8.78 Å². The van der Waals surface area contributed by atoms with Crippen molar-refractivity contribution in [3.05, 3.63) is 100 Å². The van der Waals surface area contributed by atoms with E-state index in [9.17, 15) is 28.3 Å². The molecule has 3 aromatic carbocycles. The van der Waals surface area contributed by atoms with Gasteiger partial charge < -0.3 is 30.3 Å². The molecule has 0 bridgehead atoms. The highest BCUT2D eigenvalue weighted by atomic mass is 19.1. The number of benzene rings is 3. The summed E-state index contributed by atoms with van der Waals surface area (Å²) in [6, 6.07) is 12.9. The summed E-state index contributed by atoms with van der Waals surface area (Å²) in [5.41, 5.74) is 2.31. The van der Waals surface area contributed by atoms with Crippen molar-refractivity contribution in [2.24, 2.45) is 0 Å². The van der Waals surface area contributed by atoms with Gasteiger partial charge in [-0.05, 0) is 85.3 Å². The fraction of sp³-hybridized carbons (Fsp3) is 0.417. The molecule has 4 rings (SSSR count). The molecule has 0 aromatic heterocycles. The molecule has 3 N–H and O–H groups in total. The summed E-state index contributed by atoms with van der Waals surface area (Å²) in [5.74, 6) is -2.08. The average molecular weight is 651 g/mol. The fourth-order valence-electron chi connectivity index (χ4n) is 5.92. The second-order valence-electron chi connectivity index (χ2n) is 12.0. The van der Waals surface area contributed by atoms with E-state index >= 15 is 0 Å². The van der Waals surface area contributed by atoms with E-state index in [0.717, 1.165) is 36.6 Å². The van der Waals surface area contributed by atoms with Crippen LogP contribution in [0.2, 0.25) is 0 Å². The molecule has 1 aliphatic rings. The van der Waals surface area contributed by atoms with Crippen molar-refractivity contribution in [1.82, 2.24) is 20.4 Å². The van der Waals surface area contributed by atoms with E-state index < -0.39 is 35.7 Å². The van der Waals surface area contributed by atoms with E-state index in [0.29, 0.717) is 49.6 Å². The molecule has 3 amide bonds. The Morgan fingerprint density at radius 2 is 1.64 bits per heavy atom. The summed E-state index contributed by atoms with van der Waals surface area (Å²) in [5, 5.41) is 17.5. The topological polar surface area (TPSA) is 111 Å². The lowest BCUT2D eigenvalue weighted by molar-refractivity contribution is -0.140. The first-order valence-corrected chi connectivity index (χ1v) is 16.0. The summed E-state index contributed by atoms with van der Waals surface area (Å²) in [7, 11) is 1.57. The lowest BCUT2D eigenvalue weighted by Gasteiger charge is -2.38. The van der Waals surface area contributed by atoms with Crippen LogP contribution in [0.15, 0.2) is 60.7 Å². The number of aryl methyl sites for hydroxylation is 1. The molecule has 0 saturated carbocycles. The minimum absolute atomic E-state index is 0.163. The Bertz CT molecular complexity index is 1520. The quantitative estimate of drug-likeness (QED) is 0.241. The van der Waals surface area contributed by atoms with E-state index in [2.05, 4.69) is 10.6 Å². The molecule has 9 nitrogen and oxygen atoms in total. The second-order valence-corrected chi connectivity index (χ2v) is 12.0. The molecular weight excluding hydrogens is 606 g/mol. The number of aliphatic hydroxyl groups excluding tert-OH is 1. The van der Waals surface area contributed by atoms with Crippen molar-refractivity contribution in [1.29, 1.82) is 0 Å². The lowest BCUT2D eigenvalue weighted by Crippen LogP contribution is -2.63. The Kier molecular flexibility index (Phi) is 12.4. The Labute approximate surface area is 274 Å². The number of rotatable bonds is 14. The van der Waals surface area contributed by atoms with Crippen molar-refractivity contribution >= 4 is 17.7 Å². The number of aliphatic hydroxyl groups is 1. The third-order valence-corrected chi connectivity index (χ3v) is 8.17. The number of hydrogen-bond acceptors (Lipinski definition) is 6. The Morgan fingerprint density at radius 3 is 2.26 bits per heavy atom. The normalized spacial score (nSPS) is 16.0. The van der Waals surface area contributed by atoms with Gasteiger partial charge in [-0.2, -0.15) is 0 Å². The maximum atomic E-state index is 14.2. The first-order chi connectivity index (χ1) is 22.5. The minimum Gasteiger partial charge on any atom is -0.497 e. The number of halogens is 2. The molecule has 47 heavy (non-hydrogen) atoms. The Balaban J connectivity index is 1.60. The highest BCUT2D eigenvalue weighted by Crippen LogP contribution is 2.20. The van der Waals surface area contributed by atoms with E-state index in [1.807, 2.05) is 26.0 Å². The molecule has 0 spiro atoms. The van der Waals surface area contributed by atoms with Gasteiger partial charge in [0.25, 0.3) is 11.8 Å². The highest BCUT2D eigenvalue weighted by molar-refractivity contribution is 6.00. The highest BCUT2D eigenvalue weighted by Gasteiger charge is 2.38. The van der Waals surface area contributed by atoms with Crippen molar-refractivity contribution in [3.8, 4) is 5.75 Å². The molecule has 1 fully saturated rings. The number of nitrogens with zero attached hydrogens (tertiary/aromatic N) is 2. The Morgan fingerprint density at radius 1 is 1.00 bits per heavy atom. The summed E-state index contributed by atoms with van der Waals surface area (Å²) >= 11 is 0. The van der Waals surface area contributed by atoms with E-state index in [-0.39, 0.29) is 29.4 Å². The maximum absolute atomic E-state index is 14.2. The van der Waals surface area contributed by atoms with Gasteiger partial charge in [0.05, 0.1) is 19.3 Å². The predicted octanol–water partition coefficient (Wildman–Crippen LogP) is 4.25. The SMILES string of the molecule is CCCN(CCC)C(=O)c1cc(C)cc(C(=O)N[C@@H](Cc2cc(F)cc(F)c2)[C@H](O)C2NCCN(Cc3ccc(OC)cc3)C2=O)c1. The summed E-state index contributed by atoms with van der Waals surface area (Å²) in [6.45, 7) is 8.00. The van der Waals surface area contributed by atoms with Crippen LogP contribution in [0.4, 0.5) is 8.78 Å². The van der Waals surface area contributed by atoms with Gasteiger partial charge in [0.2, 0.25) is 5.91 Å². The number of nitrogens with one attached hydrogen (secondary N) is 2. The van der Waals surface area contributed by atoms with Gasteiger partial charge in [-0.3, -0.25) is 14.4 Å². The van der Waals surface area contributed by atoms with Gasteiger partial charge in [-0.15, -0.1) is 0 Å². The summed E-state index contributed by atoms with van der Waals surface area (Å²) in [4.78, 5) is 44.1. The second kappa shape index (κ2) is 16.5. The zero-order valence-corrected chi connectivity index (χ0v) is 27.4. The molecule has 0 radical (unpaired) electrons. The van der Waals surface area contributed by atoms with Crippen LogP contribution in [-0.4, -0.2) is 84.1 Å². The van der Waals surface area contributed by atoms with Crippen LogP contribution in [0.5, 0.6) is 5.75 Å². The van der Waals surface area contributed by atoms with Gasteiger partial charge in [0.1, 0.15) is 23.4 Å². The smallest absolute Gasteiger partial charge is 0.253 e. The monoisotopic (exact) mass is 650 g/mol. The first kappa shape index (κ1) is 35.5. The van der Waals surface area contributed by atoms with Gasteiger partial charge in [0, 0.05) is 49.9 Å². The van der Waals surface area contributed by atoms with Crippen LogP contribution in [-0.2, 0) is 17.8 Å². The van der Waals surface area contributed by atoms with Gasteiger partial charge >= 0.3 is 0 Å². The van der Waals surface area contributed by atoms with E-state index in [1.54, 1.807) is 48.1 Å². The minimum atomic E-state index is -1.47. The fourth-order valence-corrected chi connectivity index (χ4v) is 5.92. The standard InChI is InChI=1S/C36H44F2N4O5/c1-5-12-41(13-6-2)35(45)27-16-23(3)15-26(20-27)34(44)40-31(19-25-17-28(37)21-29(38)18-25)33(43)32-36(46)42(14-11-39-32)22-24-7-9-30(47-4)10-8-24/h7-10,15-18,20-21,31-33,39,43H,5-6,11-14,19,22H2,1-4H3,(H,40,44)/t31-,32?,33-/m0/s1. The number of carbonyl (C=O) groups is 3. The molecule has 252 valence electrons. The molecule has 11 heteroatoms. The van der Waals surface area contributed by atoms with Crippen LogP contribution in [0.3, 0.4) is 0 Å². The lowest BCUT2D eigenvalue weighted by atomic mass is 9.93. The van der Waals surface area contributed by atoms with Crippen LogP contribution >= 0.6 is 0 Å². The van der Waals surface area contributed by atoms with Crippen LogP contribution in [0.25, 0.3) is 0 Å². The number of piperazine rings is 1. The van der Waals surface area contributed by atoms with Crippen molar-refractivity contribution < 1.29 is 33.0 Å². The number of carbonyl (C=O) groups excluding carboxylic acids is 3. The number of ether oxygens (including phenoxy) is 1. The summed E-state index contributed by atoms with van der Waals surface area (Å²) in [6.07, 6.45) is -0.0520. The molecule has 3 aromatic rings. The maximum Gasteiger partial charge on any atom is 0.253 e. The Hall–Kier alpha value is -4.35. The van der Waals surface area contributed by atoms with E-state index in [1.165, 1.54) is 6.07 Å². The summed E-state index contributed by atoms with van der Waals surface area (Å²) < 4.78 is 33.5. The van der Waals surface area contributed by atoms with Crippen molar-refractivity contribution in [2.75, 3.05) is 33.3 Å². The third-order valence-electron chi connectivity index (χ3n) is 8.17. The van der Waals surface area contributed by atoms with Gasteiger partial charge in [0.15, 0.2) is 0 Å². The predicted molar refractivity (Wildman–Crippen MR) is 175 cm³/mol. The number of hydrogen-bond donors (Lipinski definition) is 3. The third kappa shape index (κ3) is 9.36. The van der Waals surface area contributed by atoms with Gasteiger partial charge in [-0.1, -0.05) is 26.0 Å². The molecule has 1 unspecified atom stereocenters. The number of amides is 3. The zero-order valence-electron chi connectivity index (χ0n) is 27.4. The van der Waals surface area contributed by atoms with Crippen LogP contribution < -0.4 is 15.4 Å². The van der Waals surface area contributed by atoms with Crippen molar-refractivity contribution in [2.45, 2.75) is 64.8 Å². The molecule has 1 aliphatic heterocycles. The molecular formula is C36H44F2N4O5. The van der Waals surface area contributed by atoms with Crippen LogP contribution in [0.1, 0.15) is 64.1 Å². The average Bonchev–Trinajstić information content (AvgIpc) is 3.04. The molecule has 1 saturated heterocycles. The molecule has 0 aliphatic carbocycles. The molecule has 3 atom stereocenters. The van der Waals surface area contributed by atoms with Crippen molar-refractivity contribution in [3.63, 3.8) is 0 Å². The van der Waals surface area contributed by atoms with E-state index in [4.69, 9.17) is 4.74 Å². The zero-order chi connectivity index (χ0) is 34.1. The number of methoxy groups -OCH3 is 1. The first-order valence-electron chi connectivity index (χ1n) is 16.0. The van der Waals surface area contributed by atoms with Crippen LogP contribution in [0, 0.1) is 18.6 Å². The molecule has 1 heterocycles.